The molecule has 1 aliphatic rings. The number of amides is 3. The van der Waals surface area contributed by atoms with Gasteiger partial charge in [-0.2, -0.15) is 0 Å². The lowest BCUT2D eigenvalue weighted by molar-refractivity contribution is -0.134. The van der Waals surface area contributed by atoms with E-state index in [1.165, 1.54) is 0 Å². The number of halogens is 2. The minimum absolute atomic E-state index is 0.364. The zero-order chi connectivity index (χ0) is 14.0. The molecule has 0 bridgehead atoms. The number of carbonyl (C=O) groups excluding carboxylic acids is 2. The van der Waals surface area contributed by atoms with Crippen LogP contribution < -0.4 is 10.1 Å². The number of hydrogen-bond donors (Lipinski definition) is 1. The Balaban J connectivity index is 2.06. The van der Waals surface area contributed by atoms with Crippen LogP contribution in [0.5, 0.6) is 5.75 Å². The second-order valence-corrected chi connectivity index (χ2v) is 5.35. The van der Waals surface area contributed by atoms with Crippen LogP contribution >= 0.6 is 27.5 Å². The molecule has 1 heterocycles. The molecule has 0 unspecified atom stereocenters. The highest BCUT2D eigenvalue weighted by Gasteiger charge is 2.30. The van der Waals surface area contributed by atoms with Crippen LogP contribution in [0.15, 0.2) is 22.7 Å². The minimum atomic E-state index is -0.749. The number of nitrogens with one attached hydrogen (secondary N) is 1. The molecule has 0 spiro atoms. The van der Waals surface area contributed by atoms with Crippen molar-refractivity contribution >= 4 is 39.5 Å². The summed E-state index contributed by atoms with van der Waals surface area (Å²) >= 11 is 9.13. The highest BCUT2D eigenvalue weighted by molar-refractivity contribution is 9.10. The summed E-state index contributed by atoms with van der Waals surface area (Å²) in [6.45, 7) is 2.45. The van der Waals surface area contributed by atoms with E-state index in [4.69, 9.17) is 16.3 Å². The van der Waals surface area contributed by atoms with Crippen molar-refractivity contribution in [1.29, 1.82) is 0 Å². The largest absolute Gasteiger partial charge is 0.480 e. The first-order chi connectivity index (χ1) is 8.99. The molecule has 1 N–H and O–H groups in total. The van der Waals surface area contributed by atoms with Gasteiger partial charge in [-0.05, 0) is 41.1 Å². The fraction of sp³-hybridized carbons (Fsp3) is 0.333. The molecule has 1 aliphatic heterocycles. The van der Waals surface area contributed by atoms with Gasteiger partial charge >= 0.3 is 6.03 Å². The minimum Gasteiger partial charge on any atom is -0.480 e. The topological polar surface area (TPSA) is 58.6 Å². The van der Waals surface area contributed by atoms with Crippen LogP contribution in [0.2, 0.25) is 5.02 Å². The normalized spacial score (nSPS) is 16.2. The van der Waals surface area contributed by atoms with Gasteiger partial charge in [0.2, 0.25) is 0 Å². The summed E-state index contributed by atoms with van der Waals surface area (Å²) in [5.74, 6) is 0.140. The van der Waals surface area contributed by atoms with E-state index in [0.29, 0.717) is 28.3 Å². The molecular formula is C12H12BrClN2O3. The maximum atomic E-state index is 12.0. The predicted molar refractivity (Wildman–Crippen MR) is 74.4 cm³/mol. The number of carbonyl (C=O) groups is 2. The highest BCUT2D eigenvalue weighted by atomic mass is 79.9. The van der Waals surface area contributed by atoms with E-state index in [0.717, 1.165) is 4.90 Å². The Morgan fingerprint density at radius 2 is 2.32 bits per heavy atom. The summed E-state index contributed by atoms with van der Waals surface area (Å²) in [5, 5.41) is 3.14. The van der Waals surface area contributed by atoms with E-state index in [1.807, 2.05) is 0 Å². The van der Waals surface area contributed by atoms with E-state index in [1.54, 1.807) is 25.1 Å². The molecule has 1 aromatic rings. The van der Waals surface area contributed by atoms with Gasteiger partial charge in [-0.25, -0.2) is 4.79 Å². The van der Waals surface area contributed by atoms with Crippen molar-refractivity contribution in [2.45, 2.75) is 13.0 Å². The first-order valence-electron chi connectivity index (χ1n) is 5.70. The summed E-state index contributed by atoms with van der Waals surface area (Å²) in [5.41, 5.74) is 0. The number of ether oxygens (including phenoxy) is 1. The van der Waals surface area contributed by atoms with Gasteiger partial charge in [0.25, 0.3) is 5.91 Å². The zero-order valence-electron chi connectivity index (χ0n) is 10.2. The Morgan fingerprint density at radius 3 is 2.89 bits per heavy atom. The molecule has 5 nitrogen and oxygen atoms in total. The summed E-state index contributed by atoms with van der Waals surface area (Å²) in [7, 11) is 0. The van der Waals surface area contributed by atoms with E-state index < -0.39 is 6.10 Å². The van der Waals surface area contributed by atoms with Crippen LogP contribution in [0.25, 0.3) is 0 Å². The van der Waals surface area contributed by atoms with Gasteiger partial charge in [-0.1, -0.05) is 11.6 Å². The van der Waals surface area contributed by atoms with Crippen molar-refractivity contribution in [1.82, 2.24) is 10.2 Å². The third-order valence-corrected chi connectivity index (χ3v) is 3.52. The molecule has 102 valence electrons. The standard InChI is InChI=1S/C12H12BrClN2O3/c1-7(11(17)16-5-4-15-12(16)18)19-10-3-2-8(14)6-9(10)13/h2-3,6-7H,4-5H2,1H3,(H,15,18)/t7-/m0/s1. The molecule has 0 aliphatic carbocycles. The molecule has 1 saturated heterocycles. The van der Waals surface area contributed by atoms with Gasteiger partial charge in [-0.3, -0.25) is 9.69 Å². The molecule has 2 rings (SSSR count). The van der Waals surface area contributed by atoms with E-state index in [2.05, 4.69) is 21.2 Å². The summed E-state index contributed by atoms with van der Waals surface area (Å²) in [6.07, 6.45) is -0.749. The Bertz CT molecular complexity index is 524. The number of rotatable bonds is 3. The number of benzene rings is 1. The Morgan fingerprint density at radius 1 is 1.58 bits per heavy atom. The second kappa shape index (κ2) is 5.79. The van der Waals surface area contributed by atoms with E-state index in [9.17, 15) is 9.59 Å². The van der Waals surface area contributed by atoms with Gasteiger partial charge in [-0.15, -0.1) is 0 Å². The molecule has 3 amide bonds. The number of imide groups is 1. The number of hydrogen-bond acceptors (Lipinski definition) is 3. The summed E-state index contributed by atoms with van der Waals surface area (Å²) in [6, 6.07) is 4.63. The van der Waals surface area contributed by atoms with Gasteiger partial charge in [0, 0.05) is 18.1 Å². The maximum Gasteiger partial charge on any atom is 0.324 e. The van der Waals surface area contributed by atoms with Crippen LogP contribution in [0.4, 0.5) is 4.79 Å². The van der Waals surface area contributed by atoms with Gasteiger partial charge < -0.3 is 10.1 Å². The Kier molecular flexibility index (Phi) is 4.31. The Labute approximate surface area is 124 Å². The van der Waals surface area contributed by atoms with Crippen LogP contribution in [-0.4, -0.2) is 36.0 Å². The fourth-order valence-electron chi connectivity index (χ4n) is 1.71. The van der Waals surface area contributed by atoms with Crippen molar-refractivity contribution < 1.29 is 14.3 Å². The van der Waals surface area contributed by atoms with Gasteiger partial charge in [0.05, 0.1) is 4.47 Å². The zero-order valence-corrected chi connectivity index (χ0v) is 12.5. The SMILES string of the molecule is C[C@H](Oc1ccc(Cl)cc1Br)C(=O)N1CCNC1=O. The predicted octanol–water partition coefficient (Wildman–Crippen LogP) is 2.42. The van der Waals surface area contributed by atoms with E-state index >= 15 is 0 Å². The van der Waals surface area contributed by atoms with Crippen LogP contribution in [-0.2, 0) is 4.79 Å². The van der Waals surface area contributed by atoms with Gasteiger partial charge in [0.15, 0.2) is 6.10 Å². The van der Waals surface area contributed by atoms with E-state index in [-0.39, 0.29) is 11.9 Å². The molecule has 0 radical (unpaired) electrons. The molecule has 1 atom stereocenters. The lowest BCUT2D eigenvalue weighted by Crippen LogP contribution is -2.42. The Hall–Kier alpha value is -1.27. The highest BCUT2D eigenvalue weighted by Crippen LogP contribution is 2.29. The molecule has 0 saturated carbocycles. The molecule has 0 aromatic heterocycles. The van der Waals surface area contributed by atoms with Crippen LogP contribution in [0.3, 0.4) is 0 Å². The van der Waals surface area contributed by atoms with Gasteiger partial charge in [0.1, 0.15) is 5.75 Å². The molecule has 1 aromatic carbocycles. The third kappa shape index (κ3) is 3.19. The van der Waals surface area contributed by atoms with Crippen molar-refractivity contribution in [2.75, 3.05) is 13.1 Å². The average Bonchev–Trinajstić information content (AvgIpc) is 2.78. The molecular weight excluding hydrogens is 336 g/mol. The van der Waals surface area contributed by atoms with Crippen molar-refractivity contribution in [3.63, 3.8) is 0 Å². The molecule has 1 fully saturated rings. The maximum absolute atomic E-state index is 12.0. The number of urea groups is 1. The summed E-state index contributed by atoms with van der Waals surface area (Å²) in [4.78, 5) is 24.6. The van der Waals surface area contributed by atoms with Crippen molar-refractivity contribution in [3.8, 4) is 5.75 Å². The molecule has 19 heavy (non-hydrogen) atoms. The van der Waals surface area contributed by atoms with Crippen LogP contribution in [0.1, 0.15) is 6.92 Å². The quantitative estimate of drug-likeness (QED) is 0.913. The second-order valence-electron chi connectivity index (χ2n) is 4.06. The van der Waals surface area contributed by atoms with Crippen LogP contribution in [0, 0.1) is 0 Å². The lowest BCUT2D eigenvalue weighted by atomic mass is 10.3. The van der Waals surface area contributed by atoms with Crippen molar-refractivity contribution in [3.05, 3.63) is 27.7 Å². The smallest absolute Gasteiger partial charge is 0.324 e. The lowest BCUT2D eigenvalue weighted by Gasteiger charge is -2.19. The molecule has 7 heteroatoms. The summed E-state index contributed by atoms with van der Waals surface area (Å²) < 4.78 is 6.20. The fourth-order valence-corrected chi connectivity index (χ4v) is 2.49. The monoisotopic (exact) mass is 346 g/mol. The van der Waals surface area contributed by atoms with Crippen molar-refractivity contribution in [2.24, 2.45) is 0 Å². The first-order valence-corrected chi connectivity index (χ1v) is 6.87. The third-order valence-electron chi connectivity index (χ3n) is 2.67. The average molecular weight is 348 g/mol. The number of nitrogens with zero attached hydrogens (tertiary/aromatic N) is 1. The first kappa shape index (κ1) is 14.1.